The van der Waals surface area contributed by atoms with Gasteiger partial charge in [-0.15, -0.1) is 0 Å². The van der Waals surface area contributed by atoms with Crippen LogP contribution in [0.3, 0.4) is 0 Å². The third kappa shape index (κ3) is 3.63. The fourth-order valence-electron chi connectivity index (χ4n) is 3.25. The highest BCUT2D eigenvalue weighted by Crippen LogP contribution is 2.34. The number of alkyl halides is 5. The summed E-state index contributed by atoms with van der Waals surface area (Å²) < 4.78 is 73.7. The van der Waals surface area contributed by atoms with Gasteiger partial charge in [-0.3, -0.25) is 9.20 Å². The molecule has 1 amide bonds. The van der Waals surface area contributed by atoms with Gasteiger partial charge in [0.05, 0.1) is 23.9 Å². The lowest BCUT2D eigenvalue weighted by Gasteiger charge is -2.17. The molecule has 0 aromatic carbocycles. The predicted octanol–water partition coefficient (Wildman–Crippen LogP) is 4.26. The van der Waals surface area contributed by atoms with E-state index in [9.17, 15) is 26.7 Å². The second-order valence-corrected chi connectivity index (χ2v) is 6.72. The first-order valence-corrected chi connectivity index (χ1v) is 8.68. The minimum absolute atomic E-state index is 0.0268. The number of halogens is 5. The predicted molar refractivity (Wildman–Crippen MR) is 92.0 cm³/mol. The van der Waals surface area contributed by atoms with Crippen LogP contribution in [0.2, 0.25) is 0 Å². The summed E-state index contributed by atoms with van der Waals surface area (Å²) in [5.41, 5.74) is 1.53. The maximum Gasteiger partial charge on any atom is 0.417 e. The van der Waals surface area contributed by atoms with Gasteiger partial charge in [0.15, 0.2) is 0 Å². The molecule has 10 heteroatoms. The van der Waals surface area contributed by atoms with Crippen molar-refractivity contribution in [3.8, 4) is 0 Å². The summed E-state index contributed by atoms with van der Waals surface area (Å²) in [7, 11) is 0. The van der Waals surface area contributed by atoms with E-state index < -0.39 is 36.5 Å². The van der Waals surface area contributed by atoms with Crippen LogP contribution in [0.4, 0.5) is 22.0 Å². The van der Waals surface area contributed by atoms with Gasteiger partial charge < -0.3 is 9.64 Å². The van der Waals surface area contributed by atoms with Crippen molar-refractivity contribution in [2.45, 2.75) is 24.9 Å². The van der Waals surface area contributed by atoms with Crippen LogP contribution in [-0.4, -0.2) is 39.2 Å². The first kappa shape index (κ1) is 19.2. The molecule has 0 unspecified atom stereocenters. The number of ether oxygens (including phenoxy) is 1. The van der Waals surface area contributed by atoms with E-state index in [1.807, 2.05) is 0 Å². The standard InChI is InChI=1S/C19H14F5N3O2/c20-18(21)5-6-26(11-18)17(28)14-9-25-16-13(15-4-2-1-3-7-29-15)8-12(10-27(14)16)19(22,23)24/h1,4,7-10H,2,5-6,11H2. The van der Waals surface area contributed by atoms with Crippen LogP contribution in [0, 0.1) is 0 Å². The number of likely N-dealkylation sites (tertiary alicyclic amines) is 1. The third-order valence-corrected chi connectivity index (χ3v) is 4.67. The van der Waals surface area contributed by atoms with Gasteiger partial charge in [0.1, 0.15) is 23.4 Å². The van der Waals surface area contributed by atoms with Gasteiger partial charge in [0.25, 0.3) is 11.8 Å². The Bertz CT molecular complexity index is 1080. The molecule has 0 atom stereocenters. The molecule has 0 aliphatic carbocycles. The van der Waals surface area contributed by atoms with Crippen LogP contribution in [0.5, 0.6) is 0 Å². The van der Waals surface area contributed by atoms with Crippen LogP contribution < -0.4 is 0 Å². The molecule has 1 saturated heterocycles. The Morgan fingerprint density at radius 2 is 2.10 bits per heavy atom. The lowest BCUT2D eigenvalue weighted by molar-refractivity contribution is -0.137. The van der Waals surface area contributed by atoms with Crippen molar-refractivity contribution in [1.82, 2.24) is 14.3 Å². The second-order valence-electron chi connectivity index (χ2n) is 6.72. The Labute approximate surface area is 161 Å². The van der Waals surface area contributed by atoms with E-state index in [2.05, 4.69) is 10.7 Å². The third-order valence-electron chi connectivity index (χ3n) is 4.67. The Morgan fingerprint density at radius 3 is 2.79 bits per heavy atom. The zero-order valence-corrected chi connectivity index (χ0v) is 14.8. The number of hydrogen-bond acceptors (Lipinski definition) is 3. The molecular weight excluding hydrogens is 397 g/mol. The van der Waals surface area contributed by atoms with Gasteiger partial charge in [-0.05, 0) is 24.6 Å². The van der Waals surface area contributed by atoms with E-state index in [1.54, 1.807) is 12.2 Å². The number of hydrogen-bond donors (Lipinski definition) is 0. The molecular formula is C19H14F5N3O2. The summed E-state index contributed by atoms with van der Waals surface area (Å²) >= 11 is 0. The number of allylic oxidation sites excluding steroid dienone is 2. The second kappa shape index (κ2) is 6.73. The van der Waals surface area contributed by atoms with E-state index in [0.29, 0.717) is 6.42 Å². The Kier molecular flexibility index (Phi) is 4.46. The summed E-state index contributed by atoms with van der Waals surface area (Å²) in [6, 6.07) is 0.881. The number of carbonyl (C=O) groups excluding carboxylic acids is 1. The number of nitrogens with zero attached hydrogens (tertiary/aromatic N) is 3. The molecule has 0 saturated carbocycles. The minimum atomic E-state index is -4.70. The van der Waals surface area contributed by atoms with E-state index in [4.69, 9.17) is 4.74 Å². The molecule has 2 aromatic rings. The van der Waals surface area contributed by atoms with Crippen LogP contribution in [-0.2, 0) is 10.9 Å². The highest BCUT2D eigenvalue weighted by Gasteiger charge is 2.41. The molecule has 2 aliphatic heterocycles. The zero-order valence-electron chi connectivity index (χ0n) is 14.8. The summed E-state index contributed by atoms with van der Waals surface area (Å²) in [5.74, 6) is -3.70. The van der Waals surface area contributed by atoms with Gasteiger partial charge in [-0.1, -0.05) is 5.73 Å². The van der Waals surface area contributed by atoms with E-state index in [1.165, 1.54) is 6.26 Å². The van der Waals surface area contributed by atoms with Crippen molar-refractivity contribution in [3.63, 3.8) is 0 Å². The van der Waals surface area contributed by atoms with E-state index in [-0.39, 0.29) is 29.2 Å². The highest BCUT2D eigenvalue weighted by atomic mass is 19.4. The van der Waals surface area contributed by atoms with Crippen molar-refractivity contribution < 1.29 is 31.5 Å². The number of carbonyl (C=O) groups is 1. The molecule has 152 valence electrons. The lowest BCUT2D eigenvalue weighted by atomic mass is 10.1. The molecule has 2 aromatic heterocycles. The maximum absolute atomic E-state index is 13.5. The first-order chi connectivity index (χ1) is 13.7. The molecule has 1 fully saturated rings. The molecule has 4 heterocycles. The molecule has 4 rings (SSSR count). The molecule has 2 aliphatic rings. The van der Waals surface area contributed by atoms with Gasteiger partial charge in [0.2, 0.25) is 0 Å². The highest BCUT2D eigenvalue weighted by molar-refractivity contribution is 5.94. The molecule has 0 N–H and O–H groups in total. The van der Waals surface area contributed by atoms with Gasteiger partial charge in [-0.25, -0.2) is 13.8 Å². The number of aromatic nitrogens is 2. The number of fused-ring (bicyclic) bond motifs is 1. The SMILES string of the molecule is O=C(c1cnc2c(C3=CCC=C=CO3)cc(C(F)(F)F)cn12)N1CCC(F)(F)C1. The number of pyridine rings is 1. The van der Waals surface area contributed by atoms with Crippen molar-refractivity contribution in [2.75, 3.05) is 13.1 Å². The summed E-state index contributed by atoms with van der Waals surface area (Å²) in [6.45, 7) is -0.967. The Balaban J connectivity index is 1.84. The monoisotopic (exact) mass is 411 g/mol. The summed E-state index contributed by atoms with van der Waals surface area (Å²) in [6.07, 6.45) is 1.40. The summed E-state index contributed by atoms with van der Waals surface area (Å²) in [5, 5.41) is 0. The van der Waals surface area contributed by atoms with Crippen molar-refractivity contribution in [2.24, 2.45) is 0 Å². The number of amides is 1. The average molecular weight is 411 g/mol. The van der Waals surface area contributed by atoms with Gasteiger partial charge in [-0.2, -0.15) is 13.2 Å². The Hall–Kier alpha value is -3.13. The Morgan fingerprint density at radius 1 is 1.31 bits per heavy atom. The van der Waals surface area contributed by atoms with E-state index >= 15 is 0 Å². The lowest BCUT2D eigenvalue weighted by Crippen LogP contribution is -2.32. The van der Waals surface area contributed by atoms with Gasteiger partial charge in [0, 0.05) is 19.2 Å². The van der Waals surface area contributed by atoms with Crippen LogP contribution in [0.15, 0.2) is 42.6 Å². The molecule has 0 bridgehead atoms. The van der Waals surface area contributed by atoms with Crippen LogP contribution in [0.25, 0.3) is 11.4 Å². The van der Waals surface area contributed by atoms with Crippen molar-refractivity contribution in [1.29, 1.82) is 0 Å². The molecule has 0 spiro atoms. The minimum Gasteiger partial charge on any atom is -0.456 e. The molecule has 5 nitrogen and oxygen atoms in total. The average Bonchev–Trinajstić information content (AvgIpc) is 3.12. The van der Waals surface area contributed by atoms with Crippen LogP contribution in [0.1, 0.15) is 34.5 Å². The first-order valence-electron chi connectivity index (χ1n) is 8.68. The fraction of sp³-hybridized carbons (Fsp3) is 0.316. The topological polar surface area (TPSA) is 46.8 Å². The quantitative estimate of drug-likeness (QED) is 0.548. The normalized spacial score (nSPS) is 18.7. The van der Waals surface area contributed by atoms with Crippen molar-refractivity contribution >= 4 is 17.3 Å². The van der Waals surface area contributed by atoms with Crippen LogP contribution >= 0.6 is 0 Å². The van der Waals surface area contributed by atoms with Gasteiger partial charge >= 0.3 is 6.18 Å². The van der Waals surface area contributed by atoms with Crippen molar-refractivity contribution in [3.05, 3.63) is 59.4 Å². The van der Waals surface area contributed by atoms with E-state index in [0.717, 1.165) is 27.8 Å². The number of imidazole rings is 1. The largest absolute Gasteiger partial charge is 0.456 e. The maximum atomic E-state index is 13.5. The number of rotatable bonds is 2. The zero-order chi connectivity index (χ0) is 20.8. The fourth-order valence-corrected chi connectivity index (χ4v) is 3.25. The molecule has 0 radical (unpaired) electrons. The molecule has 29 heavy (non-hydrogen) atoms. The summed E-state index contributed by atoms with van der Waals surface area (Å²) in [4.78, 5) is 17.7. The smallest absolute Gasteiger partial charge is 0.417 e.